The Morgan fingerprint density at radius 1 is 1.18 bits per heavy atom. The summed E-state index contributed by atoms with van der Waals surface area (Å²) in [6, 6.07) is 13.3. The maximum atomic E-state index is 12.0. The summed E-state index contributed by atoms with van der Waals surface area (Å²) in [4.78, 5) is 12.0. The Morgan fingerprint density at radius 2 is 1.86 bits per heavy atom. The lowest BCUT2D eigenvalue weighted by Gasteiger charge is -2.20. The van der Waals surface area contributed by atoms with Gasteiger partial charge in [0, 0.05) is 5.69 Å². The topological polar surface area (TPSA) is 66.0 Å². The lowest BCUT2D eigenvalue weighted by Crippen LogP contribution is -2.19. The number of amides is 1. The second kappa shape index (κ2) is 5.98. The zero-order valence-electron chi connectivity index (χ0n) is 11.9. The molecular weight excluding hydrogens is 344 g/mol. The Labute approximate surface area is 137 Å². The summed E-state index contributed by atoms with van der Waals surface area (Å²) in [5.74, 6) is -0.0467. The van der Waals surface area contributed by atoms with Gasteiger partial charge in [-0.15, -0.1) is 0 Å². The molecule has 0 bridgehead atoms. The van der Waals surface area contributed by atoms with Crippen molar-refractivity contribution in [2.24, 2.45) is 0 Å². The zero-order chi connectivity index (χ0) is 15.6. The molecule has 0 atom stereocenters. The van der Waals surface area contributed by atoms with Crippen molar-refractivity contribution >= 4 is 27.5 Å². The molecule has 1 aliphatic rings. The molecule has 1 fully saturated rings. The van der Waals surface area contributed by atoms with Gasteiger partial charge in [-0.2, -0.15) is 5.26 Å². The van der Waals surface area contributed by atoms with Crippen molar-refractivity contribution in [1.82, 2.24) is 0 Å². The molecule has 0 radical (unpaired) electrons. The van der Waals surface area contributed by atoms with Gasteiger partial charge in [-0.25, -0.2) is 0 Å². The number of carbonyl (C=O) groups is 1. The van der Waals surface area contributed by atoms with E-state index in [0.717, 1.165) is 31.2 Å². The molecule has 5 heteroatoms. The van der Waals surface area contributed by atoms with Crippen molar-refractivity contribution in [3.05, 3.63) is 52.4 Å². The molecule has 1 aromatic carbocycles. The van der Waals surface area contributed by atoms with Gasteiger partial charge in [-0.1, -0.05) is 25.0 Å². The maximum absolute atomic E-state index is 12.0. The van der Waals surface area contributed by atoms with Crippen LogP contribution >= 0.6 is 15.9 Å². The molecule has 0 saturated heterocycles. The summed E-state index contributed by atoms with van der Waals surface area (Å²) in [5.41, 5.74) is 1.37. The van der Waals surface area contributed by atoms with Gasteiger partial charge in [0.2, 0.25) is 0 Å². The molecule has 0 spiro atoms. The highest BCUT2D eigenvalue weighted by atomic mass is 79.9. The third-order valence-corrected chi connectivity index (χ3v) is 4.59. The van der Waals surface area contributed by atoms with Crippen LogP contribution in [0.15, 0.2) is 45.5 Å². The summed E-state index contributed by atoms with van der Waals surface area (Å²) >= 11 is 3.17. The predicted molar refractivity (Wildman–Crippen MR) is 86.6 cm³/mol. The van der Waals surface area contributed by atoms with E-state index in [0.29, 0.717) is 10.4 Å². The lowest BCUT2D eigenvalue weighted by atomic mass is 9.80. The Balaban J connectivity index is 1.75. The number of benzene rings is 1. The molecule has 1 saturated carbocycles. The van der Waals surface area contributed by atoms with Crippen LogP contribution in [0.25, 0.3) is 0 Å². The van der Waals surface area contributed by atoms with E-state index in [1.54, 1.807) is 12.1 Å². The number of nitrogens with one attached hydrogen (secondary N) is 1. The molecule has 0 aliphatic heterocycles. The van der Waals surface area contributed by atoms with Crippen LogP contribution in [-0.4, -0.2) is 5.91 Å². The number of carbonyl (C=O) groups excluding carboxylic acids is 1. The molecule has 1 N–H and O–H groups in total. The smallest absolute Gasteiger partial charge is 0.291 e. The van der Waals surface area contributed by atoms with Gasteiger partial charge in [0.1, 0.15) is 0 Å². The first kappa shape index (κ1) is 14.9. The second-order valence-electron chi connectivity index (χ2n) is 5.54. The quantitative estimate of drug-likeness (QED) is 0.869. The fraction of sp³-hybridized carbons (Fsp3) is 0.294. The van der Waals surface area contributed by atoms with Crippen LogP contribution in [0.5, 0.6) is 0 Å². The van der Waals surface area contributed by atoms with Gasteiger partial charge in [-0.05, 0) is 58.6 Å². The molecule has 4 nitrogen and oxygen atoms in total. The highest BCUT2D eigenvalue weighted by Gasteiger charge is 2.35. The molecular formula is C17H15BrN2O2. The average molecular weight is 359 g/mol. The minimum atomic E-state index is -0.353. The van der Waals surface area contributed by atoms with E-state index in [4.69, 9.17) is 4.42 Å². The van der Waals surface area contributed by atoms with E-state index < -0.39 is 0 Å². The molecule has 0 unspecified atom stereocenters. The van der Waals surface area contributed by atoms with Gasteiger partial charge in [-0.3, -0.25) is 4.79 Å². The Kier molecular flexibility index (Phi) is 4.04. The van der Waals surface area contributed by atoms with Crippen LogP contribution in [0.3, 0.4) is 0 Å². The highest BCUT2D eigenvalue weighted by molar-refractivity contribution is 9.10. The number of halogens is 1. The summed E-state index contributed by atoms with van der Waals surface area (Å²) in [6.07, 6.45) is 4.02. The van der Waals surface area contributed by atoms with Crippen molar-refractivity contribution < 1.29 is 9.21 Å². The first-order chi connectivity index (χ1) is 10.6. The third-order valence-electron chi connectivity index (χ3n) is 4.16. The summed E-state index contributed by atoms with van der Waals surface area (Å²) in [5, 5.41) is 12.3. The van der Waals surface area contributed by atoms with Crippen LogP contribution in [0.2, 0.25) is 0 Å². The molecule has 2 aromatic rings. The van der Waals surface area contributed by atoms with Gasteiger partial charge >= 0.3 is 0 Å². The van der Waals surface area contributed by atoms with Crippen molar-refractivity contribution in [2.45, 2.75) is 31.1 Å². The summed E-state index contributed by atoms with van der Waals surface area (Å²) in [7, 11) is 0. The fourth-order valence-electron chi connectivity index (χ4n) is 2.95. The van der Waals surface area contributed by atoms with E-state index >= 15 is 0 Å². The lowest BCUT2D eigenvalue weighted by molar-refractivity contribution is 0.0995. The summed E-state index contributed by atoms with van der Waals surface area (Å²) in [6.45, 7) is 0. The largest absolute Gasteiger partial charge is 0.444 e. The van der Waals surface area contributed by atoms with Gasteiger partial charge in [0.05, 0.1) is 11.5 Å². The Hall–Kier alpha value is -2.06. The van der Waals surface area contributed by atoms with Gasteiger partial charge < -0.3 is 9.73 Å². The molecule has 22 heavy (non-hydrogen) atoms. The minimum absolute atomic E-state index is 0.250. The number of anilines is 1. The predicted octanol–water partition coefficient (Wildman–Crippen LogP) is 4.63. The first-order valence-corrected chi connectivity index (χ1v) is 8.01. The number of hydrogen-bond donors (Lipinski definition) is 1. The van der Waals surface area contributed by atoms with E-state index in [2.05, 4.69) is 27.3 Å². The van der Waals surface area contributed by atoms with Gasteiger partial charge in [0.15, 0.2) is 10.4 Å². The van der Waals surface area contributed by atoms with Gasteiger partial charge in [0.25, 0.3) is 5.91 Å². The third kappa shape index (κ3) is 2.79. The van der Waals surface area contributed by atoms with Crippen molar-refractivity contribution in [2.75, 3.05) is 5.32 Å². The average Bonchev–Trinajstić information content (AvgIpc) is 3.17. The van der Waals surface area contributed by atoms with Crippen molar-refractivity contribution in [1.29, 1.82) is 5.26 Å². The number of rotatable bonds is 3. The Bertz CT molecular complexity index is 722. The van der Waals surface area contributed by atoms with Crippen LogP contribution in [0.1, 0.15) is 41.8 Å². The molecule has 1 aliphatic carbocycles. The standard InChI is InChI=1S/C17H15BrN2O2/c18-15-8-7-14(22-15)16(21)20-13-5-3-12(4-6-13)17(11-19)9-1-2-10-17/h3-8H,1-2,9-10H2,(H,20,21). The molecule has 1 aromatic heterocycles. The molecule has 112 valence electrons. The second-order valence-corrected chi connectivity index (χ2v) is 6.32. The highest BCUT2D eigenvalue weighted by Crippen LogP contribution is 2.40. The van der Waals surface area contributed by atoms with Crippen LogP contribution in [0.4, 0.5) is 5.69 Å². The summed E-state index contributed by atoms with van der Waals surface area (Å²) < 4.78 is 5.74. The van der Waals surface area contributed by atoms with E-state index in [-0.39, 0.29) is 17.1 Å². The normalized spacial score (nSPS) is 16.2. The SMILES string of the molecule is N#CC1(c2ccc(NC(=O)c3ccc(Br)o3)cc2)CCCC1. The minimum Gasteiger partial charge on any atom is -0.444 e. The van der Waals surface area contributed by atoms with E-state index in [9.17, 15) is 10.1 Å². The number of hydrogen-bond acceptors (Lipinski definition) is 3. The first-order valence-electron chi connectivity index (χ1n) is 7.21. The van der Waals surface area contributed by atoms with E-state index in [1.165, 1.54) is 0 Å². The monoisotopic (exact) mass is 358 g/mol. The number of nitriles is 1. The van der Waals surface area contributed by atoms with Crippen LogP contribution < -0.4 is 5.32 Å². The Morgan fingerprint density at radius 3 is 2.41 bits per heavy atom. The van der Waals surface area contributed by atoms with Crippen LogP contribution in [0, 0.1) is 11.3 Å². The zero-order valence-corrected chi connectivity index (χ0v) is 13.5. The fourth-order valence-corrected chi connectivity index (χ4v) is 3.25. The van der Waals surface area contributed by atoms with Crippen LogP contribution in [-0.2, 0) is 5.41 Å². The molecule has 1 amide bonds. The van der Waals surface area contributed by atoms with Crippen molar-refractivity contribution in [3.8, 4) is 6.07 Å². The maximum Gasteiger partial charge on any atom is 0.291 e. The number of nitrogens with zero attached hydrogens (tertiary/aromatic N) is 1. The molecule has 3 rings (SSSR count). The molecule has 1 heterocycles. The number of furan rings is 1. The van der Waals surface area contributed by atoms with E-state index in [1.807, 2.05) is 24.3 Å². The van der Waals surface area contributed by atoms with Crippen molar-refractivity contribution in [3.63, 3.8) is 0 Å².